The van der Waals surface area contributed by atoms with E-state index in [4.69, 9.17) is 10.2 Å². The van der Waals surface area contributed by atoms with Gasteiger partial charge in [-0.3, -0.25) is 10.1 Å². The van der Waals surface area contributed by atoms with Crippen molar-refractivity contribution in [3.05, 3.63) is 47.7 Å². The van der Waals surface area contributed by atoms with E-state index in [0.29, 0.717) is 12.8 Å². The first-order chi connectivity index (χ1) is 9.13. The van der Waals surface area contributed by atoms with Crippen molar-refractivity contribution in [2.24, 2.45) is 0 Å². The summed E-state index contributed by atoms with van der Waals surface area (Å²) in [6.07, 6.45) is 2.17. The van der Waals surface area contributed by atoms with E-state index in [1.807, 2.05) is 30.3 Å². The summed E-state index contributed by atoms with van der Waals surface area (Å²) in [6, 6.07) is 8.54. The minimum absolute atomic E-state index is 0.0355. The highest BCUT2D eigenvalue weighted by Gasteiger charge is 2.17. The van der Waals surface area contributed by atoms with Crippen molar-refractivity contribution in [2.45, 2.75) is 18.9 Å². The Balaban J connectivity index is 2.52. The van der Waals surface area contributed by atoms with Gasteiger partial charge < -0.3 is 15.3 Å². The Morgan fingerprint density at radius 1 is 1.26 bits per heavy atom. The van der Waals surface area contributed by atoms with Crippen LogP contribution in [0.3, 0.4) is 0 Å². The lowest BCUT2D eigenvalue weighted by molar-refractivity contribution is -0.139. The highest BCUT2D eigenvalue weighted by molar-refractivity contribution is 5.73. The molecule has 0 aromatic heterocycles. The number of carbonyl (C=O) groups is 1. The second-order valence-electron chi connectivity index (χ2n) is 4.17. The normalized spacial score (nSPS) is 13.2. The number of rotatable bonds is 8. The van der Waals surface area contributed by atoms with Gasteiger partial charge in [-0.1, -0.05) is 30.3 Å². The SMILES string of the molecule is O=C(O)[C@@H](Cc1ccccc1)NC/C(O)=C/CCO. The third kappa shape index (κ3) is 6.03. The van der Waals surface area contributed by atoms with Crippen molar-refractivity contribution in [2.75, 3.05) is 13.2 Å². The Morgan fingerprint density at radius 2 is 1.95 bits per heavy atom. The minimum atomic E-state index is -0.959. The minimum Gasteiger partial charge on any atom is -0.511 e. The topological polar surface area (TPSA) is 89.8 Å². The van der Waals surface area contributed by atoms with Crippen LogP contribution < -0.4 is 5.32 Å². The average molecular weight is 265 g/mol. The van der Waals surface area contributed by atoms with Gasteiger partial charge in [-0.05, 0) is 24.5 Å². The van der Waals surface area contributed by atoms with Crippen LogP contribution in [0, 0.1) is 0 Å². The number of carboxylic acid groups (broad SMARTS) is 1. The maximum absolute atomic E-state index is 11.1. The fourth-order valence-electron chi connectivity index (χ4n) is 1.63. The molecule has 5 heteroatoms. The second kappa shape index (κ2) is 8.29. The van der Waals surface area contributed by atoms with Crippen LogP contribution in [0.2, 0.25) is 0 Å². The van der Waals surface area contributed by atoms with E-state index in [1.54, 1.807) is 0 Å². The van der Waals surface area contributed by atoms with Gasteiger partial charge >= 0.3 is 5.97 Å². The maximum Gasteiger partial charge on any atom is 0.321 e. The van der Waals surface area contributed by atoms with E-state index < -0.39 is 12.0 Å². The Morgan fingerprint density at radius 3 is 2.53 bits per heavy atom. The Hall–Kier alpha value is -1.85. The Labute approximate surface area is 112 Å². The zero-order valence-corrected chi connectivity index (χ0v) is 10.6. The van der Waals surface area contributed by atoms with Gasteiger partial charge in [-0.25, -0.2) is 0 Å². The number of carboxylic acids is 1. The zero-order chi connectivity index (χ0) is 14.1. The summed E-state index contributed by atoms with van der Waals surface area (Å²) in [5.41, 5.74) is 0.918. The summed E-state index contributed by atoms with van der Waals surface area (Å²) in [4.78, 5) is 11.1. The summed E-state index contributed by atoms with van der Waals surface area (Å²) in [5.74, 6) is -0.924. The van der Waals surface area contributed by atoms with Crippen LogP contribution in [0.15, 0.2) is 42.2 Å². The first-order valence-electron chi connectivity index (χ1n) is 6.12. The van der Waals surface area contributed by atoms with Gasteiger partial charge in [0.25, 0.3) is 0 Å². The lowest BCUT2D eigenvalue weighted by Gasteiger charge is -2.14. The Kier molecular flexibility index (Phi) is 6.63. The molecule has 0 heterocycles. The highest BCUT2D eigenvalue weighted by atomic mass is 16.4. The van der Waals surface area contributed by atoms with E-state index in [9.17, 15) is 9.90 Å². The number of hydrogen-bond acceptors (Lipinski definition) is 4. The van der Waals surface area contributed by atoms with Crippen LogP contribution in [0.1, 0.15) is 12.0 Å². The summed E-state index contributed by atoms with van der Waals surface area (Å²) >= 11 is 0. The number of hydrogen-bond donors (Lipinski definition) is 4. The Bertz CT molecular complexity index is 417. The molecule has 0 radical (unpaired) electrons. The quantitative estimate of drug-likeness (QED) is 0.528. The van der Waals surface area contributed by atoms with Gasteiger partial charge in [0, 0.05) is 6.61 Å². The molecule has 0 bridgehead atoms. The highest BCUT2D eigenvalue weighted by Crippen LogP contribution is 2.04. The van der Waals surface area contributed by atoms with E-state index in [-0.39, 0.29) is 18.9 Å². The van der Waals surface area contributed by atoms with Crippen molar-refractivity contribution in [1.29, 1.82) is 0 Å². The maximum atomic E-state index is 11.1. The van der Waals surface area contributed by atoms with E-state index in [0.717, 1.165) is 5.56 Å². The summed E-state index contributed by atoms with van der Waals surface area (Å²) in [7, 11) is 0. The predicted octanol–water partition coefficient (Wildman–Crippen LogP) is 1.10. The van der Waals surface area contributed by atoms with Crippen LogP contribution in [-0.2, 0) is 11.2 Å². The summed E-state index contributed by atoms with van der Waals surface area (Å²) in [6.45, 7) is 0.0280. The molecule has 1 aromatic rings. The molecule has 0 spiro atoms. The van der Waals surface area contributed by atoms with Crippen LogP contribution in [0.5, 0.6) is 0 Å². The summed E-state index contributed by atoms with van der Waals surface area (Å²) < 4.78 is 0. The third-order valence-electron chi connectivity index (χ3n) is 2.62. The smallest absolute Gasteiger partial charge is 0.321 e. The average Bonchev–Trinajstić information content (AvgIpc) is 2.41. The number of aliphatic carboxylic acids is 1. The van der Waals surface area contributed by atoms with Crippen molar-refractivity contribution >= 4 is 5.97 Å². The van der Waals surface area contributed by atoms with Gasteiger partial charge in [0.05, 0.1) is 6.54 Å². The molecule has 0 fully saturated rings. The fraction of sp³-hybridized carbons (Fsp3) is 0.357. The molecule has 5 nitrogen and oxygen atoms in total. The van der Waals surface area contributed by atoms with Gasteiger partial charge in [0.2, 0.25) is 0 Å². The molecular formula is C14H19NO4. The molecule has 1 atom stereocenters. The van der Waals surface area contributed by atoms with E-state index >= 15 is 0 Å². The van der Waals surface area contributed by atoms with Gasteiger partial charge in [-0.15, -0.1) is 0 Å². The van der Waals surface area contributed by atoms with Crippen LogP contribution in [0.4, 0.5) is 0 Å². The number of nitrogens with one attached hydrogen (secondary N) is 1. The molecule has 0 unspecified atom stereocenters. The molecule has 19 heavy (non-hydrogen) atoms. The molecule has 0 aliphatic carbocycles. The third-order valence-corrected chi connectivity index (χ3v) is 2.62. The lowest BCUT2D eigenvalue weighted by atomic mass is 10.1. The number of aliphatic hydroxyl groups excluding tert-OH is 2. The second-order valence-corrected chi connectivity index (χ2v) is 4.17. The summed E-state index contributed by atoms with van der Waals surface area (Å²) in [5, 5.41) is 30.0. The van der Waals surface area contributed by atoms with Crippen LogP contribution in [0.25, 0.3) is 0 Å². The predicted molar refractivity (Wildman–Crippen MR) is 72.0 cm³/mol. The first kappa shape index (κ1) is 15.2. The van der Waals surface area contributed by atoms with Crippen molar-refractivity contribution in [3.63, 3.8) is 0 Å². The lowest BCUT2D eigenvalue weighted by Crippen LogP contribution is -2.39. The van der Waals surface area contributed by atoms with Crippen molar-refractivity contribution in [1.82, 2.24) is 5.32 Å². The zero-order valence-electron chi connectivity index (χ0n) is 10.6. The van der Waals surface area contributed by atoms with E-state index in [2.05, 4.69) is 5.32 Å². The monoisotopic (exact) mass is 265 g/mol. The molecule has 0 saturated heterocycles. The molecule has 0 amide bonds. The van der Waals surface area contributed by atoms with Crippen LogP contribution in [-0.4, -0.2) is 40.5 Å². The molecule has 0 saturated carbocycles. The molecule has 104 valence electrons. The fourth-order valence-corrected chi connectivity index (χ4v) is 1.63. The molecule has 0 aliphatic rings. The number of benzene rings is 1. The van der Waals surface area contributed by atoms with Gasteiger partial charge in [0.15, 0.2) is 0 Å². The van der Waals surface area contributed by atoms with Crippen LogP contribution >= 0.6 is 0 Å². The molecule has 0 aliphatic heterocycles. The van der Waals surface area contributed by atoms with Crippen molar-refractivity contribution < 1.29 is 20.1 Å². The number of aliphatic hydroxyl groups is 2. The van der Waals surface area contributed by atoms with Crippen molar-refractivity contribution in [3.8, 4) is 0 Å². The first-order valence-corrected chi connectivity index (χ1v) is 6.12. The molecule has 4 N–H and O–H groups in total. The van der Waals surface area contributed by atoms with Gasteiger partial charge in [-0.2, -0.15) is 0 Å². The van der Waals surface area contributed by atoms with E-state index in [1.165, 1.54) is 6.08 Å². The largest absolute Gasteiger partial charge is 0.511 e. The molecule has 1 aromatic carbocycles. The standard InChI is InChI=1S/C14H19NO4/c16-8-4-7-12(17)10-15-13(14(18)19)9-11-5-2-1-3-6-11/h1-3,5-7,13,15-17H,4,8-10H2,(H,18,19)/b12-7-/t13-/m1/s1. The molecule has 1 rings (SSSR count). The molecular weight excluding hydrogens is 246 g/mol. The van der Waals surface area contributed by atoms with Gasteiger partial charge in [0.1, 0.15) is 11.8 Å².